The highest BCUT2D eigenvalue weighted by Gasteiger charge is 2.35. The lowest BCUT2D eigenvalue weighted by molar-refractivity contribution is -0.0773. The Kier molecular flexibility index (Phi) is 6.30. The van der Waals surface area contributed by atoms with Crippen LogP contribution in [0.15, 0.2) is 0 Å². The lowest BCUT2D eigenvalue weighted by Crippen LogP contribution is -2.40. The molecule has 16 heavy (non-hydrogen) atoms. The fraction of sp³-hybridized carbons (Fsp3) is 1.00. The van der Waals surface area contributed by atoms with Crippen LogP contribution < -0.4 is 0 Å². The summed E-state index contributed by atoms with van der Waals surface area (Å²) in [6, 6.07) is 0. The molecule has 3 heteroatoms. The molecule has 1 rings (SSSR count). The van der Waals surface area contributed by atoms with Gasteiger partial charge in [0, 0.05) is 12.4 Å². The Balaban J connectivity index is 2.38. The Morgan fingerprint density at radius 2 is 1.88 bits per heavy atom. The zero-order chi connectivity index (χ0) is 12.0. The Bertz CT molecular complexity index is 186. The molecule has 1 aliphatic rings. The normalized spacial score (nSPS) is 30.9. The molecule has 0 spiro atoms. The minimum absolute atomic E-state index is 0.0733. The van der Waals surface area contributed by atoms with Crippen molar-refractivity contribution in [1.29, 1.82) is 0 Å². The summed E-state index contributed by atoms with van der Waals surface area (Å²) in [6.07, 6.45) is 4.97. The minimum Gasteiger partial charge on any atom is -0.382 e. The molecule has 1 saturated carbocycles. The first-order valence-electron chi connectivity index (χ1n) is 6.32. The molecule has 0 aromatic heterocycles. The van der Waals surface area contributed by atoms with Crippen molar-refractivity contribution in [2.75, 3.05) is 25.7 Å². The second-order valence-electron chi connectivity index (χ2n) is 5.24. The van der Waals surface area contributed by atoms with Gasteiger partial charge in [0.25, 0.3) is 0 Å². The third-order valence-electron chi connectivity index (χ3n) is 3.82. The summed E-state index contributed by atoms with van der Waals surface area (Å²) in [5.74, 6) is 1.70. The molecule has 0 aromatic rings. The van der Waals surface area contributed by atoms with Gasteiger partial charge in [-0.05, 0) is 37.5 Å². The molecule has 0 radical (unpaired) electrons. The zero-order valence-electron chi connectivity index (χ0n) is 10.8. The van der Waals surface area contributed by atoms with Gasteiger partial charge in [0.15, 0.2) is 0 Å². The Hall–Kier alpha value is 0.400. The molecule has 0 aliphatic heterocycles. The SMILES string of the molecule is COCCOC1(CBr)CCC(C(C)C)CC1. The van der Waals surface area contributed by atoms with Crippen molar-refractivity contribution in [2.24, 2.45) is 11.8 Å². The summed E-state index contributed by atoms with van der Waals surface area (Å²) in [6.45, 7) is 6.08. The van der Waals surface area contributed by atoms with Crippen molar-refractivity contribution >= 4 is 15.9 Å². The minimum atomic E-state index is 0.0733. The molecule has 1 aliphatic carbocycles. The summed E-state index contributed by atoms with van der Waals surface area (Å²) in [4.78, 5) is 0. The quantitative estimate of drug-likeness (QED) is 0.550. The van der Waals surface area contributed by atoms with E-state index in [0.717, 1.165) is 17.2 Å². The molecule has 0 aromatic carbocycles. The predicted molar refractivity (Wildman–Crippen MR) is 71.1 cm³/mol. The maximum Gasteiger partial charge on any atom is 0.0780 e. The second kappa shape index (κ2) is 6.97. The van der Waals surface area contributed by atoms with E-state index < -0.39 is 0 Å². The van der Waals surface area contributed by atoms with E-state index in [4.69, 9.17) is 9.47 Å². The Morgan fingerprint density at radius 3 is 2.31 bits per heavy atom. The number of ether oxygens (including phenoxy) is 2. The van der Waals surface area contributed by atoms with Gasteiger partial charge in [-0.15, -0.1) is 0 Å². The third kappa shape index (κ3) is 4.01. The number of halogens is 1. The lowest BCUT2D eigenvalue weighted by Gasteiger charge is -2.40. The van der Waals surface area contributed by atoms with E-state index in [0.29, 0.717) is 13.2 Å². The molecular formula is C13H25BrO2. The van der Waals surface area contributed by atoms with Crippen molar-refractivity contribution in [1.82, 2.24) is 0 Å². The van der Waals surface area contributed by atoms with Crippen LogP contribution in [-0.4, -0.2) is 31.3 Å². The number of methoxy groups -OCH3 is 1. The molecule has 96 valence electrons. The number of alkyl halides is 1. The van der Waals surface area contributed by atoms with E-state index in [9.17, 15) is 0 Å². The summed E-state index contributed by atoms with van der Waals surface area (Å²) >= 11 is 3.61. The van der Waals surface area contributed by atoms with Gasteiger partial charge in [-0.25, -0.2) is 0 Å². The van der Waals surface area contributed by atoms with E-state index >= 15 is 0 Å². The molecule has 2 nitrogen and oxygen atoms in total. The highest BCUT2D eigenvalue weighted by Crippen LogP contribution is 2.38. The first kappa shape index (κ1) is 14.5. The van der Waals surface area contributed by atoms with Crippen LogP contribution in [0, 0.1) is 11.8 Å². The summed E-state index contributed by atoms with van der Waals surface area (Å²) in [5.41, 5.74) is 0.0733. The van der Waals surface area contributed by atoms with Crippen molar-refractivity contribution in [3.8, 4) is 0 Å². The lowest BCUT2D eigenvalue weighted by atomic mass is 9.75. The van der Waals surface area contributed by atoms with E-state index in [2.05, 4.69) is 29.8 Å². The van der Waals surface area contributed by atoms with Crippen molar-refractivity contribution in [3.63, 3.8) is 0 Å². The fourth-order valence-electron chi connectivity index (χ4n) is 2.49. The highest BCUT2D eigenvalue weighted by atomic mass is 79.9. The molecule has 0 bridgehead atoms. The van der Waals surface area contributed by atoms with Gasteiger partial charge in [0.05, 0.1) is 18.8 Å². The Morgan fingerprint density at radius 1 is 1.25 bits per heavy atom. The smallest absolute Gasteiger partial charge is 0.0780 e. The number of hydrogen-bond acceptors (Lipinski definition) is 2. The van der Waals surface area contributed by atoms with E-state index in [1.165, 1.54) is 25.7 Å². The van der Waals surface area contributed by atoms with Gasteiger partial charge in [-0.3, -0.25) is 0 Å². The molecule has 0 N–H and O–H groups in total. The number of rotatable bonds is 6. The van der Waals surface area contributed by atoms with Gasteiger partial charge in [0.1, 0.15) is 0 Å². The van der Waals surface area contributed by atoms with Crippen LogP contribution in [0.1, 0.15) is 39.5 Å². The van der Waals surface area contributed by atoms with Crippen molar-refractivity contribution in [3.05, 3.63) is 0 Å². The van der Waals surface area contributed by atoms with E-state index in [1.54, 1.807) is 7.11 Å². The predicted octanol–water partition coefficient (Wildman–Crippen LogP) is 3.63. The average molecular weight is 293 g/mol. The first-order chi connectivity index (χ1) is 7.63. The maximum atomic E-state index is 6.02. The highest BCUT2D eigenvalue weighted by molar-refractivity contribution is 9.09. The molecule has 0 saturated heterocycles. The number of hydrogen-bond donors (Lipinski definition) is 0. The molecule has 0 heterocycles. The van der Waals surface area contributed by atoms with Gasteiger partial charge in [-0.1, -0.05) is 29.8 Å². The van der Waals surface area contributed by atoms with Crippen molar-refractivity contribution in [2.45, 2.75) is 45.1 Å². The molecule has 0 amide bonds. The molecule has 1 fully saturated rings. The van der Waals surface area contributed by atoms with Crippen molar-refractivity contribution < 1.29 is 9.47 Å². The van der Waals surface area contributed by atoms with Gasteiger partial charge >= 0.3 is 0 Å². The Labute approximate surface area is 108 Å². The summed E-state index contributed by atoms with van der Waals surface area (Å²) < 4.78 is 11.1. The van der Waals surface area contributed by atoms with Crippen LogP contribution >= 0.6 is 15.9 Å². The van der Waals surface area contributed by atoms with Crippen LogP contribution in [0.3, 0.4) is 0 Å². The zero-order valence-corrected chi connectivity index (χ0v) is 12.4. The monoisotopic (exact) mass is 292 g/mol. The van der Waals surface area contributed by atoms with Gasteiger partial charge < -0.3 is 9.47 Å². The largest absolute Gasteiger partial charge is 0.382 e. The molecular weight excluding hydrogens is 268 g/mol. The first-order valence-corrected chi connectivity index (χ1v) is 7.44. The molecule has 0 atom stereocenters. The average Bonchev–Trinajstić information content (AvgIpc) is 2.30. The standard InChI is InChI=1S/C13H25BrO2/c1-11(2)12-4-6-13(10-14,7-5-12)16-9-8-15-3/h11-12H,4-10H2,1-3H3. The fourth-order valence-corrected chi connectivity index (χ4v) is 3.21. The van der Waals surface area contributed by atoms with E-state index in [-0.39, 0.29) is 5.60 Å². The van der Waals surface area contributed by atoms with Gasteiger partial charge in [0.2, 0.25) is 0 Å². The van der Waals surface area contributed by atoms with Crippen LogP contribution in [0.5, 0.6) is 0 Å². The third-order valence-corrected chi connectivity index (χ3v) is 4.85. The summed E-state index contributed by atoms with van der Waals surface area (Å²) in [5, 5.41) is 0.953. The summed E-state index contributed by atoms with van der Waals surface area (Å²) in [7, 11) is 1.72. The van der Waals surface area contributed by atoms with Crippen LogP contribution in [0.2, 0.25) is 0 Å². The molecule has 0 unspecified atom stereocenters. The van der Waals surface area contributed by atoms with Crippen LogP contribution in [0.4, 0.5) is 0 Å². The van der Waals surface area contributed by atoms with E-state index in [1.807, 2.05) is 0 Å². The second-order valence-corrected chi connectivity index (χ2v) is 5.80. The maximum absolute atomic E-state index is 6.02. The van der Waals surface area contributed by atoms with Gasteiger partial charge in [-0.2, -0.15) is 0 Å². The van der Waals surface area contributed by atoms with Crippen LogP contribution in [0.25, 0.3) is 0 Å². The topological polar surface area (TPSA) is 18.5 Å². The van der Waals surface area contributed by atoms with Crippen LogP contribution in [-0.2, 0) is 9.47 Å².